The second-order valence-corrected chi connectivity index (χ2v) is 8.31. The highest BCUT2D eigenvalue weighted by molar-refractivity contribution is 6.12. The van der Waals surface area contributed by atoms with E-state index in [1.165, 1.54) is 11.3 Å². The molecule has 4 aromatic rings. The van der Waals surface area contributed by atoms with Crippen LogP contribution in [0.15, 0.2) is 85.1 Å². The molecule has 1 heterocycles. The Morgan fingerprint density at radius 3 is 2.32 bits per heavy atom. The topological polar surface area (TPSA) is 48.1 Å². The van der Waals surface area contributed by atoms with Gasteiger partial charge in [-0.3, -0.25) is 4.79 Å². The van der Waals surface area contributed by atoms with E-state index in [0.29, 0.717) is 12.1 Å². The number of carbonyl (C=O) groups excluding carboxylic acids is 1. The van der Waals surface area contributed by atoms with E-state index in [9.17, 15) is 4.79 Å². The van der Waals surface area contributed by atoms with Gasteiger partial charge in [0.15, 0.2) is 5.78 Å². The second kappa shape index (κ2) is 8.78. The molecule has 1 aromatic heterocycles. The van der Waals surface area contributed by atoms with Gasteiger partial charge < -0.3 is 15.2 Å². The van der Waals surface area contributed by atoms with Gasteiger partial charge in [-0.2, -0.15) is 0 Å². The van der Waals surface area contributed by atoms with Crippen LogP contribution in [0.1, 0.15) is 28.4 Å². The zero-order valence-corrected chi connectivity index (χ0v) is 18.4. The molecule has 0 saturated carbocycles. The van der Waals surface area contributed by atoms with E-state index in [0.717, 1.165) is 22.9 Å². The summed E-state index contributed by atoms with van der Waals surface area (Å²) in [6.07, 6.45) is 2.67. The molecule has 0 aliphatic rings. The van der Waals surface area contributed by atoms with E-state index in [1.54, 1.807) is 0 Å². The van der Waals surface area contributed by atoms with Gasteiger partial charge >= 0.3 is 0 Å². The van der Waals surface area contributed by atoms with Gasteiger partial charge in [0.1, 0.15) is 5.54 Å². The largest absolute Gasteiger partial charge is 0.378 e. The van der Waals surface area contributed by atoms with Crippen LogP contribution < -0.4 is 10.2 Å². The number of nitrogens with one attached hydrogen (secondary N) is 2. The van der Waals surface area contributed by atoms with Gasteiger partial charge in [-0.15, -0.1) is 0 Å². The average molecular weight is 412 g/mol. The Kier molecular flexibility index (Phi) is 5.92. The van der Waals surface area contributed by atoms with E-state index >= 15 is 0 Å². The van der Waals surface area contributed by atoms with Crippen molar-refractivity contribution in [3.8, 4) is 0 Å². The maximum Gasteiger partial charge on any atom is 0.189 e. The quantitative estimate of drug-likeness (QED) is 0.394. The summed E-state index contributed by atoms with van der Waals surface area (Å²) in [5.41, 5.74) is 4.25. The first-order valence-corrected chi connectivity index (χ1v) is 10.7. The van der Waals surface area contributed by atoms with E-state index in [2.05, 4.69) is 39.5 Å². The van der Waals surface area contributed by atoms with Crippen molar-refractivity contribution in [1.29, 1.82) is 0 Å². The predicted octanol–water partition coefficient (Wildman–Crippen LogP) is 5.16. The molecule has 31 heavy (non-hydrogen) atoms. The number of carbonyl (C=O) groups is 1. The lowest BCUT2D eigenvalue weighted by Gasteiger charge is -2.30. The van der Waals surface area contributed by atoms with Gasteiger partial charge in [-0.05, 0) is 42.7 Å². The third-order valence-corrected chi connectivity index (χ3v) is 5.98. The Hall–Kier alpha value is -3.37. The van der Waals surface area contributed by atoms with Crippen LogP contribution in [0.4, 0.5) is 5.69 Å². The molecule has 0 aliphatic carbocycles. The number of aromatic amines is 1. The molecule has 1 atom stereocenters. The zero-order valence-electron chi connectivity index (χ0n) is 18.4. The molecule has 4 heteroatoms. The number of rotatable bonds is 8. The summed E-state index contributed by atoms with van der Waals surface area (Å²) in [5.74, 6) is 0.0686. The lowest BCUT2D eigenvalue weighted by atomic mass is 9.84. The van der Waals surface area contributed by atoms with Crippen molar-refractivity contribution in [3.63, 3.8) is 0 Å². The third-order valence-electron chi connectivity index (χ3n) is 5.98. The Bertz CT molecular complexity index is 1160. The van der Waals surface area contributed by atoms with Crippen molar-refractivity contribution >= 4 is 22.4 Å². The summed E-state index contributed by atoms with van der Waals surface area (Å²) in [5, 5.41) is 4.53. The lowest BCUT2D eigenvalue weighted by molar-refractivity contribution is 0.0866. The Balaban J connectivity index is 1.59. The highest BCUT2D eigenvalue weighted by Crippen LogP contribution is 2.29. The standard InChI is InChI=1S/C27H29N3O/c1-27(21-9-5-4-6-10-21,26(31)24-19-28-25-12-8-7-11-23(24)25)29-18-17-20-13-15-22(16-14-20)30(2)3/h4-16,19,28-29H,17-18H2,1-3H3. The number of hydrogen-bond donors (Lipinski definition) is 2. The Morgan fingerprint density at radius 2 is 1.61 bits per heavy atom. The number of para-hydroxylation sites is 1. The van der Waals surface area contributed by atoms with Gasteiger partial charge in [0, 0.05) is 49.0 Å². The zero-order chi connectivity index (χ0) is 21.8. The minimum atomic E-state index is -0.824. The summed E-state index contributed by atoms with van der Waals surface area (Å²) in [7, 11) is 4.08. The van der Waals surface area contributed by atoms with Gasteiger partial charge in [-0.25, -0.2) is 0 Å². The normalized spacial score (nSPS) is 13.1. The summed E-state index contributed by atoms with van der Waals surface area (Å²) < 4.78 is 0. The minimum absolute atomic E-state index is 0.0686. The molecule has 3 aromatic carbocycles. The summed E-state index contributed by atoms with van der Waals surface area (Å²) in [4.78, 5) is 19.1. The number of H-pyrrole nitrogens is 1. The first kappa shape index (κ1) is 20.9. The molecule has 0 saturated heterocycles. The molecular formula is C27H29N3O. The molecule has 0 fully saturated rings. The monoisotopic (exact) mass is 411 g/mol. The molecule has 0 aliphatic heterocycles. The number of aromatic nitrogens is 1. The maximum atomic E-state index is 13.8. The smallest absolute Gasteiger partial charge is 0.189 e. The number of benzene rings is 3. The fraction of sp³-hybridized carbons (Fsp3) is 0.222. The lowest BCUT2D eigenvalue weighted by Crippen LogP contribution is -2.47. The molecule has 2 N–H and O–H groups in total. The number of nitrogens with zero attached hydrogens (tertiary/aromatic N) is 1. The molecule has 0 amide bonds. The first-order chi connectivity index (χ1) is 15.0. The highest BCUT2D eigenvalue weighted by atomic mass is 16.1. The van der Waals surface area contributed by atoms with Crippen LogP contribution in [0.5, 0.6) is 0 Å². The van der Waals surface area contributed by atoms with E-state index in [-0.39, 0.29) is 5.78 Å². The fourth-order valence-corrected chi connectivity index (χ4v) is 4.03. The molecule has 4 nitrogen and oxygen atoms in total. The van der Waals surface area contributed by atoms with Crippen LogP contribution in [0.2, 0.25) is 0 Å². The summed E-state index contributed by atoms with van der Waals surface area (Å²) in [6.45, 7) is 2.68. The van der Waals surface area contributed by atoms with Crippen molar-refractivity contribution in [2.45, 2.75) is 18.9 Å². The minimum Gasteiger partial charge on any atom is -0.378 e. The first-order valence-electron chi connectivity index (χ1n) is 10.7. The van der Waals surface area contributed by atoms with Crippen molar-refractivity contribution < 1.29 is 4.79 Å². The van der Waals surface area contributed by atoms with E-state index < -0.39 is 5.54 Å². The number of anilines is 1. The van der Waals surface area contributed by atoms with Crippen molar-refractivity contribution in [1.82, 2.24) is 10.3 Å². The van der Waals surface area contributed by atoms with Crippen LogP contribution in [0.3, 0.4) is 0 Å². The Morgan fingerprint density at radius 1 is 0.935 bits per heavy atom. The predicted molar refractivity (Wildman–Crippen MR) is 129 cm³/mol. The van der Waals surface area contributed by atoms with Gasteiger partial charge in [0.25, 0.3) is 0 Å². The summed E-state index contributed by atoms with van der Waals surface area (Å²) >= 11 is 0. The molecular weight excluding hydrogens is 382 g/mol. The SMILES string of the molecule is CN(C)c1ccc(CCNC(C)(C(=O)c2c[nH]c3ccccc23)c2ccccc2)cc1. The molecule has 0 radical (unpaired) electrons. The average Bonchev–Trinajstić information content (AvgIpc) is 3.23. The van der Waals surface area contributed by atoms with Crippen LogP contribution in [0.25, 0.3) is 10.9 Å². The molecule has 4 rings (SSSR count). The van der Waals surface area contributed by atoms with Crippen molar-refractivity contribution in [3.05, 3.63) is 102 Å². The molecule has 0 bridgehead atoms. The van der Waals surface area contributed by atoms with E-state index in [4.69, 9.17) is 0 Å². The molecule has 158 valence electrons. The van der Waals surface area contributed by atoms with E-state index in [1.807, 2.05) is 81.8 Å². The van der Waals surface area contributed by atoms with Gasteiger partial charge in [0.05, 0.1) is 0 Å². The number of fused-ring (bicyclic) bond motifs is 1. The van der Waals surface area contributed by atoms with Crippen LogP contribution in [0, 0.1) is 0 Å². The van der Waals surface area contributed by atoms with Crippen molar-refractivity contribution in [2.75, 3.05) is 25.5 Å². The number of Topliss-reactive ketones (excluding diaryl/α,β-unsaturated/α-hetero) is 1. The molecule has 1 unspecified atom stereocenters. The second-order valence-electron chi connectivity index (χ2n) is 8.31. The van der Waals surface area contributed by atoms with Crippen LogP contribution in [-0.2, 0) is 12.0 Å². The number of ketones is 1. The van der Waals surface area contributed by atoms with Gasteiger partial charge in [-0.1, -0.05) is 60.7 Å². The molecule has 0 spiro atoms. The maximum absolute atomic E-state index is 13.8. The van der Waals surface area contributed by atoms with Crippen molar-refractivity contribution in [2.24, 2.45) is 0 Å². The highest BCUT2D eigenvalue weighted by Gasteiger charge is 2.36. The Labute approximate surface area is 183 Å². The third kappa shape index (κ3) is 4.25. The van der Waals surface area contributed by atoms with Crippen LogP contribution >= 0.6 is 0 Å². The summed E-state index contributed by atoms with van der Waals surface area (Å²) in [6, 6.07) is 26.5. The fourth-order valence-electron chi connectivity index (χ4n) is 4.03. The van der Waals surface area contributed by atoms with Crippen LogP contribution in [-0.4, -0.2) is 31.4 Å². The van der Waals surface area contributed by atoms with Gasteiger partial charge in [0.2, 0.25) is 0 Å². The number of hydrogen-bond acceptors (Lipinski definition) is 3.